The van der Waals surface area contributed by atoms with Crippen molar-refractivity contribution in [3.05, 3.63) is 0 Å². The SMILES string of the molecule is CN=C(N)NC1CCN(S(=O)(=O)C(F)(F)F)CC1.I. The first-order valence-electron chi connectivity index (χ1n) is 5.23. The summed E-state index contributed by atoms with van der Waals surface area (Å²) in [5, 5.41) is 2.80. The van der Waals surface area contributed by atoms with Crippen LogP contribution in [0.4, 0.5) is 13.2 Å². The van der Waals surface area contributed by atoms with Gasteiger partial charge in [-0.3, -0.25) is 4.99 Å². The Morgan fingerprint density at radius 3 is 2.21 bits per heavy atom. The number of alkyl halides is 3. The molecule has 1 rings (SSSR count). The second kappa shape index (κ2) is 6.92. The van der Waals surface area contributed by atoms with Crippen LogP contribution in [0.2, 0.25) is 0 Å². The van der Waals surface area contributed by atoms with Crippen LogP contribution < -0.4 is 11.1 Å². The molecule has 0 aromatic heterocycles. The van der Waals surface area contributed by atoms with Crippen LogP contribution >= 0.6 is 24.0 Å². The van der Waals surface area contributed by atoms with E-state index in [1.165, 1.54) is 7.05 Å². The average molecular weight is 416 g/mol. The second-order valence-electron chi connectivity index (χ2n) is 3.88. The number of sulfonamides is 1. The number of nitrogens with one attached hydrogen (secondary N) is 1. The average Bonchev–Trinajstić information content (AvgIpc) is 2.28. The van der Waals surface area contributed by atoms with Gasteiger partial charge in [0.1, 0.15) is 0 Å². The van der Waals surface area contributed by atoms with Gasteiger partial charge >= 0.3 is 15.5 Å². The van der Waals surface area contributed by atoms with Gasteiger partial charge in [-0.1, -0.05) is 0 Å². The minimum atomic E-state index is -5.24. The van der Waals surface area contributed by atoms with Crippen molar-refractivity contribution in [3.63, 3.8) is 0 Å². The highest BCUT2D eigenvalue weighted by atomic mass is 127. The van der Waals surface area contributed by atoms with Crippen LogP contribution in [-0.2, 0) is 10.0 Å². The van der Waals surface area contributed by atoms with E-state index in [0.717, 1.165) is 0 Å². The van der Waals surface area contributed by atoms with Crippen LogP contribution in [0.1, 0.15) is 12.8 Å². The highest BCUT2D eigenvalue weighted by Crippen LogP contribution is 2.28. The van der Waals surface area contributed by atoms with E-state index in [0.29, 0.717) is 4.31 Å². The number of rotatable bonds is 2. The fourth-order valence-corrected chi connectivity index (χ4v) is 2.64. The third-order valence-electron chi connectivity index (χ3n) is 2.68. The molecule has 3 N–H and O–H groups in total. The molecule has 114 valence electrons. The normalized spacial score (nSPS) is 19.9. The van der Waals surface area contributed by atoms with Gasteiger partial charge in [-0.15, -0.1) is 24.0 Å². The van der Waals surface area contributed by atoms with Gasteiger partial charge in [0.25, 0.3) is 0 Å². The van der Waals surface area contributed by atoms with Crippen LogP contribution in [0.3, 0.4) is 0 Å². The lowest BCUT2D eigenvalue weighted by molar-refractivity contribution is -0.0494. The molecule has 1 aliphatic heterocycles. The van der Waals surface area contributed by atoms with Gasteiger partial charge in [-0.25, -0.2) is 8.42 Å². The molecular formula is C8H16F3IN4O2S. The summed E-state index contributed by atoms with van der Waals surface area (Å²) in [5.41, 5.74) is 0.182. The molecule has 0 unspecified atom stereocenters. The molecule has 19 heavy (non-hydrogen) atoms. The van der Waals surface area contributed by atoms with Gasteiger partial charge in [-0.05, 0) is 12.8 Å². The number of aliphatic imine (C=N–C) groups is 1. The Labute approximate surface area is 126 Å². The molecule has 1 saturated heterocycles. The third kappa shape index (κ3) is 4.63. The Morgan fingerprint density at radius 1 is 1.37 bits per heavy atom. The predicted molar refractivity (Wildman–Crippen MR) is 75.7 cm³/mol. The van der Waals surface area contributed by atoms with Gasteiger partial charge in [0, 0.05) is 26.2 Å². The molecule has 1 fully saturated rings. The summed E-state index contributed by atoms with van der Waals surface area (Å²) in [4.78, 5) is 3.66. The Morgan fingerprint density at radius 2 is 1.84 bits per heavy atom. The van der Waals surface area contributed by atoms with Crippen molar-refractivity contribution < 1.29 is 21.6 Å². The largest absolute Gasteiger partial charge is 0.511 e. The van der Waals surface area contributed by atoms with E-state index in [2.05, 4.69) is 10.3 Å². The quantitative estimate of drug-likeness (QED) is 0.389. The maximum Gasteiger partial charge on any atom is 0.511 e. The Hall–Kier alpha value is -0.300. The van der Waals surface area contributed by atoms with Crippen molar-refractivity contribution in [3.8, 4) is 0 Å². The number of piperidine rings is 1. The van der Waals surface area contributed by atoms with E-state index in [9.17, 15) is 21.6 Å². The fraction of sp³-hybridized carbons (Fsp3) is 0.875. The molecule has 0 bridgehead atoms. The second-order valence-corrected chi connectivity index (χ2v) is 5.81. The molecule has 6 nitrogen and oxygen atoms in total. The molecule has 0 radical (unpaired) electrons. The highest BCUT2D eigenvalue weighted by Gasteiger charge is 2.50. The molecular weight excluding hydrogens is 400 g/mol. The van der Waals surface area contributed by atoms with Crippen molar-refractivity contribution in [1.29, 1.82) is 0 Å². The first kappa shape index (κ1) is 18.7. The van der Waals surface area contributed by atoms with Gasteiger partial charge in [-0.2, -0.15) is 17.5 Å². The van der Waals surface area contributed by atoms with E-state index < -0.39 is 15.5 Å². The summed E-state index contributed by atoms with van der Waals surface area (Å²) in [6.45, 7) is -0.368. The molecule has 11 heteroatoms. The number of hydrogen-bond donors (Lipinski definition) is 2. The first-order chi connectivity index (χ1) is 8.18. The number of nitrogens with zero attached hydrogens (tertiary/aromatic N) is 2. The molecule has 0 aliphatic carbocycles. The molecule has 1 heterocycles. The van der Waals surface area contributed by atoms with Crippen molar-refractivity contribution in [2.45, 2.75) is 24.4 Å². The van der Waals surface area contributed by atoms with E-state index in [-0.39, 0.29) is 61.9 Å². The van der Waals surface area contributed by atoms with Gasteiger partial charge < -0.3 is 11.1 Å². The van der Waals surface area contributed by atoms with E-state index in [4.69, 9.17) is 5.73 Å². The highest BCUT2D eigenvalue weighted by molar-refractivity contribution is 14.0. The predicted octanol–water partition coefficient (Wildman–Crippen LogP) is 0.453. The van der Waals surface area contributed by atoms with Crippen molar-refractivity contribution in [1.82, 2.24) is 9.62 Å². The van der Waals surface area contributed by atoms with Crippen molar-refractivity contribution >= 4 is 40.0 Å². The molecule has 0 amide bonds. The summed E-state index contributed by atoms with van der Waals surface area (Å²) < 4.78 is 59.6. The summed E-state index contributed by atoms with van der Waals surface area (Å²) in [5.74, 6) is 0.187. The number of nitrogens with two attached hydrogens (primary N) is 1. The Bertz CT molecular complexity index is 418. The molecule has 0 spiro atoms. The van der Waals surface area contributed by atoms with Gasteiger partial charge in [0.05, 0.1) is 0 Å². The summed E-state index contributed by atoms with van der Waals surface area (Å²) in [6.07, 6.45) is 0.511. The molecule has 0 aromatic rings. The summed E-state index contributed by atoms with van der Waals surface area (Å²) in [6, 6.07) is -0.159. The maximum absolute atomic E-state index is 12.3. The van der Waals surface area contributed by atoms with Crippen LogP contribution in [0.15, 0.2) is 4.99 Å². The van der Waals surface area contributed by atoms with Crippen molar-refractivity contribution in [2.24, 2.45) is 10.7 Å². The zero-order valence-electron chi connectivity index (χ0n) is 10.1. The minimum absolute atomic E-state index is 0. The molecule has 0 atom stereocenters. The van der Waals surface area contributed by atoms with E-state index in [1.54, 1.807) is 0 Å². The van der Waals surface area contributed by atoms with Crippen LogP contribution in [0, 0.1) is 0 Å². The monoisotopic (exact) mass is 416 g/mol. The Kier molecular flexibility index (Phi) is 6.82. The van der Waals surface area contributed by atoms with E-state index >= 15 is 0 Å². The molecule has 0 saturated carbocycles. The number of hydrogen-bond acceptors (Lipinski definition) is 3. The molecule has 0 aromatic carbocycles. The van der Waals surface area contributed by atoms with Gasteiger partial charge in [0.15, 0.2) is 5.96 Å². The zero-order chi connectivity index (χ0) is 14.0. The van der Waals surface area contributed by atoms with E-state index in [1.807, 2.05) is 0 Å². The standard InChI is InChI=1S/C8H15F3N4O2S.HI/c1-13-7(12)14-6-2-4-15(5-3-6)18(16,17)8(9,10)11;/h6H,2-5H2,1H3,(H3,12,13,14);1H. The lowest BCUT2D eigenvalue weighted by atomic mass is 10.1. The summed E-state index contributed by atoms with van der Waals surface area (Å²) in [7, 11) is -3.74. The summed E-state index contributed by atoms with van der Waals surface area (Å²) >= 11 is 0. The van der Waals surface area contributed by atoms with Crippen molar-refractivity contribution in [2.75, 3.05) is 20.1 Å². The van der Waals surface area contributed by atoms with Gasteiger partial charge in [0.2, 0.25) is 0 Å². The third-order valence-corrected chi connectivity index (χ3v) is 4.31. The number of guanidine groups is 1. The van der Waals surface area contributed by atoms with Crippen LogP contribution in [0.25, 0.3) is 0 Å². The first-order valence-corrected chi connectivity index (χ1v) is 6.67. The lowest BCUT2D eigenvalue weighted by Crippen LogP contribution is -2.50. The van der Waals surface area contributed by atoms with Crippen LogP contribution in [-0.4, -0.2) is 50.4 Å². The zero-order valence-corrected chi connectivity index (χ0v) is 13.3. The topological polar surface area (TPSA) is 87.8 Å². The Balaban J connectivity index is 0.00000324. The fourth-order valence-electron chi connectivity index (χ4n) is 1.66. The smallest absolute Gasteiger partial charge is 0.370 e. The lowest BCUT2D eigenvalue weighted by Gasteiger charge is -2.32. The number of halogens is 4. The minimum Gasteiger partial charge on any atom is -0.370 e. The maximum atomic E-state index is 12.3. The van der Waals surface area contributed by atoms with Crippen LogP contribution in [0.5, 0.6) is 0 Å². The molecule has 1 aliphatic rings.